The van der Waals surface area contributed by atoms with E-state index in [0.29, 0.717) is 16.8 Å². The number of hydrogen-bond donors (Lipinski definition) is 1. The molecular weight excluding hydrogens is 347 g/mol. The van der Waals surface area contributed by atoms with Gasteiger partial charge >= 0.3 is 12.2 Å². The lowest BCUT2D eigenvalue weighted by atomic mass is 10.1. The number of urea groups is 1. The molecule has 0 bridgehead atoms. The van der Waals surface area contributed by atoms with Gasteiger partial charge in [-0.2, -0.15) is 18.2 Å². The van der Waals surface area contributed by atoms with Crippen molar-refractivity contribution in [1.82, 2.24) is 0 Å². The maximum atomic E-state index is 12.3. The number of alkyl halides is 3. The van der Waals surface area contributed by atoms with Crippen molar-refractivity contribution >= 4 is 34.6 Å². The SMILES string of the molecule is Cc1cccc(N2C(=O)CSC2=NC(N)=O)c1COCC(F)(F)F. The van der Waals surface area contributed by atoms with Gasteiger partial charge in [0.2, 0.25) is 5.91 Å². The number of anilines is 1. The van der Waals surface area contributed by atoms with Crippen molar-refractivity contribution in [3.05, 3.63) is 29.3 Å². The number of rotatable bonds is 4. The molecule has 1 aliphatic heterocycles. The smallest absolute Gasteiger partial charge is 0.367 e. The van der Waals surface area contributed by atoms with Crippen LogP contribution in [0.1, 0.15) is 11.1 Å². The van der Waals surface area contributed by atoms with Crippen molar-refractivity contribution < 1.29 is 27.5 Å². The number of nitrogens with zero attached hydrogens (tertiary/aromatic N) is 2. The van der Waals surface area contributed by atoms with Gasteiger partial charge in [0.25, 0.3) is 0 Å². The molecule has 24 heavy (non-hydrogen) atoms. The number of thioether (sulfide) groups is 1. The summed E-state index contributed by atoms with van der Waals surface area (Å²) in [6.07, 6.45) is -4.44. The van der Waals surface area contributed by atoms with E-state index < -0.39 is 18.8 Å². The summed E-state index contributed by atoms with van der Waals surface area (Å²) in [5.41, 5.74) is 6.42. The molecular formula is C14H14F3N3O3S. The number of halogens is 3. The van der Waals surface area contributed by atoms with Crippen molar-refractivity contribution in [3.8, 4) is 0 Å². The minimum absolute atomic E-state index is 0.0584. The van der Waals surface area contributed by atoms with Gasteiger partial charge < -0.3 is 10.5 Å². The Balaban J connectivity index is 2.34. The number of carbonyl (C=O) groups excluding carboxylic acids is 2. The minimum Gasteiger partial charge on any atom is -0.367 e. The lowest BCUT2D eigenvalue weighted by molar-refractivity contribution is -0.176. The Labute approximate surface area is 139 Å². The Bertz CT molecular complexity index is 692. The third-order valence-electron chi connectivity index (χ3n) is 3.11. The molecule has 0 radical (unpaired) electrons. The number of aryl methyl sites for hydroxylation is 1. The van der Waals surface area contributed by atoms with E-state index in [-0.39, 0.29) is 23.4 Å². The molecule has 3 amide bonds. The molecule has 1 fully saturated rings. The fourth-order valence-corrected chi connectivity index (χ4v) is 2.99. The molecule has 0 spiro atoms. The molecule has 130 valence electrons. The van der Waals surface area contributed by atoms with Crippen LogP contribution in [0.3, 0.4) is 0 Å². The molecule has 10 heteroatoms. The fourth-order valence-electron chi connectivity index (χ4n) is 2.13. The average Bonchev–Trinajstić information content (AvgIpc) is 2.79. The van der Waals surface area contributed by atoms with Crippen molar-refractivity contribution in [1.29, 1.82) is 0 Å². The fraction of sp³-hybridized carbons (Fsp3) is 0.357. The Morgan fingerprint density at radius 1 is 1.46 bits per heavy atom. The highest BCUT2D eigenvalue weighted by Crippen LogP contribution is 2.32. The van der Waals surface area contributed by atoms with Gasteiger partial charge in [0.1, 0.15) is 6.61 Å². The number of amidine groups is 1. The van der Waals surface area contributed by atoms with E-state index in [2.05, 4.69) is 4.99 Å². The maximum absolute atomic E-state index is 12.3. The molecule has 0 unspecified atom stereocenters. The number of benzene rings is 1. The lowest BCUT2D eigenvalue weighted by Gasteiger charge is -2.21. The summed E-state index contributed by atoms with van der Waals surface area (Å²) in [5.74, 6) is -0.286. The first-order chi connectivity index (χ1) is 11.2. The Morgan fingerprint density at radius 3 is 2.79 bits per heavy atom. The van der Waals surface area contributed by atoms with Gasteiger partial charge in [0, 0.05) is 5.56 Å². The molecule has 0 saturated carbocycles. The van der Waals surface area contributed by atoms with Gasteiger partial charge in [0.05, 0.1) is 18.0 Å². The predicted molar refractivity (Wildman–Crippen MR) is 83.9 cm³/mol. The van der Waals surface area contributed by atoms with Crippen LogP contribution in [0.4, 0.5) is 23.7 Å². The summed E-state index contributed by atoms with van der Waals surface area (Å²) in [5, 5.41) is 0.0928. The van der Waals surface area contributed by atoms with E-state index in [1.54, 1.807) is 25.1 Å². The van der Waals surface area contributed by atoms with Gasteiger partial charge in [0.15, 0.2) is 5.17 Å². The van der Waals surface area contributed by atoms with Crippen LogP contribution in [0.15, 0.2) is 23.2 Å². The zero-order valence-corrected chi connectivity index (χ0v) is 13.4. The monoisotopic (exact) mass is 361 g/mol. The predicted octanol–water partition coefficient (Wildman–Crippen LogP) is 2.59. The van der Waals surface area contributed by atoms with E-state index in [0.717, 1.165) is 11.8 Å². The third kappa shape index (κ3) is 4.48. The molecule has 1 aromatic carbocycles. The van der Waals surface area contributed by atoms with Crippen LogP contribution in [0.2, 0.25) is 0 Å². The molecule has 1 aromatic rings. The van der Waals surface area contributed by atoms with Crippen LogP contribution >= 0.6 is 11.8 Å². The molecule has 0 aliphatic carbocycles. The van der Waals surface area contributed by atoms with Crippen molar-refractivity contribution in [2.45, 2.75) is 19.7 Å². The minimum atomic E-state index is -4.44. The van der Waals surface area contributed by atoms with Crippen LogP contribution in [0, 0.1) is 6.92 Å². The standard InChI is InChI=1S/C14H14F3N3O3S/c1-8-3-2-4-10(9(8)5-23-7-14(15,16)17)20-11(21)6-24-13(20)19-12(18)22/h2-4H,5-7H2,1H3,(H2,18,22). The van der Waals surface area contributed by atoms with Gasteiger partial charge in [-0.15, -0.1) is 0 Å². The summed E-state index contributed by atoms with van der Waals surface area (Å²) >= 11 is 1.03. The summed E-state index contributed by atoms with van der Waals surface area (Å²) in [4.78, 5) is 27.9. The summed E-state index contributed by atoms with van der Waals surface area (Å²) in [6, 6.07) is 3.93. The van der Waals surface area contributed by atoms with Crippen molar-refractivity contribution in [2.75, 3.05) is 17.3 Å². The second-order valence-electron chi connectivity index (χ2n) is 4.93. The molecule has 0 aromatic heterocycles. The Hall–Kier alpha value is -2.07. The lowest BCUT2D eigenvalue weighted by Crippen LogP contribution is -2.31. The van der Waals surface area contributed by atoms with Crippen LogP contribution < -0.4 is 10.6 Å². The van der Waals surface area contributed by atoms with Crippen LogP contribution in [-0.2, 0) is 16.1 Å². The highest BCUT2D eigenvalue weighted by Gasteiger charge is 2.32. The molecule has 2 rings (SSSR count). The highest BCUT2D eigenvalue weighted by atomic mass is 32.2. The number of carbonyl (C=O) groups is 2. The molecule has 1 heterocycles. The van der Waals surface area contributed by atoms with E-state index in [4.69, 9.17) is 10.5 Å². The zero-order valence-electron chi connectivity index (χ0n) is 12.6. The number of amides is 3. The second kappa shape index (κ2) is 7.22. The summed E-state index contributed by atoms with van der Waals surface area (Å²) in [6.45, 7) is -0.0418. The van der Waals surface area contributed by atoms with E-state index >= 15 is 0 Å². The van der Waals surface area contributed by atoms with Crippen LogP contribution in [-0.4, -0.2) is 35.6 Å². The van der Waals surface area contributed by atoms with E-state index in [1.807, 2.05) is 0 Å². The maximum Gasteiger partial charge on any atom is 0.411 e. The summed E-state index contributed by atoms with van der Waals surface area (Å²) < 4.78 is 41.5. The summed E-state index contributed by atoms with van der Waals surface area (Å²) in [7, 11) is 0. The Kier molecular flexibility index (Phi) is 5.50. The normalized spacial score (nSPS) is 16.9. The average molecular weight is 361 g/mol. The quantitative estimate of drug-likeness (QED) is 0.893. The van der Waals surface area contributed by atoms with E-state index in [9.17, 15) is 22.8 Å². The van der Waals surface area contributed by atoms with Crippen LogP contribution in [0.5, 0.6) is 0 Å². The topological polar surface area (TPSA) is 85.0 Å². The number of nitrogens with two attached hydrogens (primary N) is 1. The van der Waals surface area contributed by atoms with E-state index in [1.165, 1.54) is 4.90 Å². The first-order valence-corrected chi connectivity index (χ1v) is 7.74. The van der Waals surface area contributed by atoms with Gasteiger partial charge in [-0.25, -0.2) is 4.79 Å². The zero-order chi connectivity index (χ0) is 17.9. The molecule has 0 atom stereocenters. The number of hydrogen-bond acceptors (Lipinski definition) is 4. The van der Waals surface area contributed by atoms with Crippen LogP contribution in [0.25, 0.3) is 0 Å². The van der Waals surface area contributed by atoms with Gasteiger partial charge in [-0.1, -0.05) is 23.9 Å². The van der Waals surface area contributed by atoms with Crippen molar-refractivity contribution in [2.24, 2.45) is 10.7 Å². The third-order valence-corrected chi connectivity index (χ3v) is 4.03. The largest absolute Gasteiger partial charge is 0.411 e. The van der Waals surface area contributed by atoms with Gasteiger partial charge in [-0.05, 0) is 18.6 Å². The molecule has 1 saturated heterocycles. The first-order valence-electron chi connectivity index (χ1n) is 6.76. The first kappa shape index (κ1) is 18.3. The highest BCUT2D eigenvalue weighted by molar-refractivity contribution is 8.15. The Morgan fingerprint density at radius 2 is 2.17 bits per heavy atom. The van der Waals surface area contributed by atoms with Gasteiger partial charge in [-0.3, -0.25) is 9.69 Å². The number of aliphatic imine (C=N–C) groups is 1. The number of ether oxygens (including phenoxy) is 1. The van der Waals surface area contributed by atoms with Crippen molar-refractivity contribution in [3.63, 3.8) is 0 Å². The second-order valence-corrected chi connectivity index (χ2v) is 5.87. The molecule has 1 aliphatic rings. The molecule has 6 nitrogen and oxygen atoms in total. The molecule has 2 N–H and O–H groups in total. The number of primary amides is 1.